The van der Waals surface area contributed by atoms with Gasteiger partial charge in [-0.25, -0.2) is 8.78 Å². The maximum absolute atomic E-state index is 14.4. The number of carboxylic acid groups (broad SMARTS) is 3. The summed E-state index contributed by atoms with van der Waals surface area (Å²) >= 11 is 0. The van der Waals surface area contributed by atoms with Crippen molar-refractivity contribution in [1.82, 2.24) is 60.6 Å². The number of carbonyl (C=O) groups excluding carboxylic acids is 7. The van der Waals surface area contributed by atoms with Crippen molar-refractivity contribution in [2.24, 2.45) is 4.99 Å². The van der Waals surface area contributed by atoms with E-state index in [0.717, 1.165) is 29.6 Å². The summed E-state index contributed by atoms with van der Waals surface area (Å²) in [5.74, 6) is -10.3. The highest BCUT2D eigenvalue weighted by Crippen LogP contribution is 2.31. The number of likely N-dealkylation sites (tertiary alicyclic amines) is 1. The molecule has 3 aliphatic heterocycles. The van der Waals surface area contributed by atoms with Gasteiger partial charge in [-0.1, -0.05) is 29.8 Å². The molecule has 0 spiro atoms. The number of carbonyl (C=O) groups is 10. The van der Waals surface area contributed by atoms with E-state index in [1.54, 1.807) is 37.8 Å². The molecule has 3 aromatic rings. The number of benzene rings is 2. The predicted molar refractivity (Wildman–Crippen MR) is 338 cm³/mol. The molecule has 2 aromatic carbocycles. The second kappa shape index (κ2) is 38.1. The lowest BCUT2D eigenvalue weighted by Gasteiger charge is -2.36. The molecule has 0 radical (unpaired) electrons. The molecule has 3 saturated heterocycles. The van der Waals surface area contributed by atoms with Gasteiger partial charge in [0.1, 0.15) is 17.8 Å². The van der Waals surface area contributed by atoms with E-state index in [0.29, 0.717) is 55.5 Å². The highest BCUT2D eigenvalue weighted by atomic mass is 19.3. The van der Waals surface area contributed by atoms with Gasteiger partial charge >= 0.3 is 23.9 Å². The molecular weight excluding hydrogens is 1230 g/mol. The van der Waals surface area contributed by atoms with Crippen LogP contribution >= 0.6 is 0 Å². The summed E-state index contributed by atoms with van der Waals surface area (Å²) in [5.41, 5.74) is 2.93. The molecule has 0 saturated carbocycles. The van der Waals surface area contributed by atoms with Crippen molar-refractivity contribution in [2.75, 3.05) is 165 Å². The first-order valence-electron chi connectivity index (χ1n) is 31.5. The van der Waals surface area contributed by atoms with Crippen molar-refractivity contribution < 1.29 is 86.3 Å². The number of carboxylic acids is 3. The number of aryl methyl sites for hydroxylation is 2. The fourth-order valence-corrected chi connectivity index (χ4v) is 11.2. The molecule has 29 nitrogen and oxygen atoms in total. The highest BCUT2D eigenvalue weighted by molar-refractivity contribution is 6.07. The van der Waals surface area contributed by atoms with Gasteiger partial charge in [-0.15, -0.1) is 0 Å². The minimum atomic E-state index is -3.08. The van der Waals surface area contributed by atoms with Gasteiger partial charge in [-0.05, 0) is 62.4 Å². The van der Waals surface area contributed by atoms with Crippen LogP contribution in [0.5, 0.6) is 5.75 Å². The van der Waals surface area contributed by atoms with Crippen LogP contribution in [0.1, 0.15) is 60.0 Å². The summed E-state index contributed by atoms with van der Waals surface area (Å²) in [6.45, 7) is 2.60. The Balaban J connectivity index is 1.05. The largest absolute Gasteiger partial charge is 0.494 e. The Hall–Kier alpha value is -8.36. The van der Waals surface area contributed by atoms with Crippen molar-refractivity contribution in [3.8, 4) is 5.75 Å². The summed E-state index contributed by atoms with van der Waals surface area (Å²) in [7, 11) is 2.57. The molecule has 3 fully saturated rings. The molecule has 3 atom stereocenters. The Kier molecular flexibility index (Phi) is 30.3. The van der Waals surface area contributed by atoms with Crippen LogP contribution in [-0.2, 0) is 59.0 Å². The fourth-order valence-electron chi connectivity index (χ4n) is 11.2. The van der Waals surface area contributed by atoms with Crippen LogP contribution in [0, 0.1) is 6.92 Å². The fraction of sp³-hybridized carbons (Fsp3) is 0.587. The molecule has 0 aliphatic carbocycles. The average molecular weight is 1320 g/mol. The zero-order valence-corrected chi connectivity index (χ0v) is 53.6. The summed E-state index contributed by atoms with van der Waals surface area (Å²) in [4.78, 5) is 150. The second-order valence-corrected chi connectivity index (χ2v) is 23.5. The number of nitrogens with one attached hydrogen (secondary N) is 4. The first kappa shape index (κ1) is 74.7. The van der Waals surface area contributed by atoms with Gasteiger partial charge in [-0.2, -0.15) is 0 Å². The van der Waals surface area contributed by atoms with Gasteiger partial charge in [0, 0.05) is 136 Å². The zero-order valence-electron chi connectivity index (χ0n) is 53.6. The van der Waals surface area contributed by atoms with Gasteiger partial charge in [0.25, 0.3) is 11.8 Å². The van der Waals surface area contributed by atoms with Crippen molar-refractivity contribution in [3.05, 3.63) is 71.4 Å². The summed E-state index contributed by atoms with van der Waals surface area (Å²) in [6, 6.07) is 10.9. The number of halogens is 2. The third-order valence-corrected chi connectivity index (χ3v) is 16.2. The SMILES string of the molecule is CN=C[C@H]1CC(F)(F)CN1C(=O)CNC(=O)c1ccnc2ccc(OCCCN3CCN(C(=O)[C@H](CC(=O)OC)NC(=O)[C@H](CCOCCNC(=O)CCCc4ccc(C)cc4)NC(=O)CN4CCN(CC(=O)O)CCN(CC(=O)O)CCN(CC(=O)O)CC4)CC3)cc12. The summed E-state index contributed by atoms with van der Waals surface area (Å²) in [5, 5.41) is 40.2. The van der Waals surface area contributed by atoms with Crippen LogP contribution in [0.3, 0.4) is 0 Å². The van der Waals surface area contributed by atoms with Crippen LogP contribution in [0.2, 0.25) is 0 Å². The van der Waals surface area contributed by atoms with E-state index in [1.165, 1.54) is 30.4 Å². The Bertz CT molecular complexity index is 3050. The minimum absolute atomic E-state index is 0.0567. The summed E-state index contributed by atoms with van der Waals surface area (Å²) in [6.07, 6.45) is 3.70. The first-order valence-corrected chi connectivity index (χ1v) is 31.5. The minimum Gasteiger partial charge on any atom is -0.494 e. The van der Waals surface area contributed by atoms with Crippen molar-refractivity contribution >= 4 is 76.4 Å². The normalized spacial score (nSPS) is 17.9. The van der Waals surface area contributed by atoms with E-state index in [4.69, 9.17) is 14.2 Å². The molecule has 6 rings (SSSR count). The number of aliphatic imine (C=N–C) groups is 1. The second-order valence-electron chi connectivity index (χ2n) is 23.5. The van der Waals surface area contributed by atoms with E-state index < -0.39 is 103 Å². The smallest absolute Gasteiger partial charge is 0.317 e. The number of rotatable bonds is 33. The Labute approximate surface area is 544 Å². The van der Waals surface area contributed by atoms with Crippen molar-refractivity contribution in [2.45, 2.75) is 75.9 Å². The van der Waals surface area contributed by atoms with Gasteiger partial charge in [-0.3, -0.25) is 82.4 Å². The molecule has 6 amide bonds. The van der Waals surface area contributed by atoms with E-state index in [1.807, 2.05) is 31.2 Å². The van der Waals surface area contributed by atoms with Crippen LogP contribution < -0.4 is 26.0 Å². The van der Waals surface area contributed by atoms with Crippen LogP contribution in [0.15, 0.2) is 59.7 Å². The lowest BCUT2D eigenvalue weighted by molar-refractivity contribution is -0.147. The molecular formula is C63H89F2N13O16. The Morgan fingerprint density at radius 3 is 1.91 bits per heavy atom. The number of aromatic nitrogens is 1. The van der Waals surface area contributed by atoms with E-state index in [9.17, 15) is 72.0 Å². The number of hydrogen-bond donors (Lipinski definition) is 7. The van der Waals surface area contributed by atoms with E-state index in [-0.39, 0.29) is 136 Å². The quantitative estimate of drug-likeness (QED) is 0.0233. The molecule has 7 N–H and O–H groups in total. The Morgan fingerprint density at radius 1 is 0.713 bits per heavy atom. The molecule has 516 valence electrons. The topological polar surface area (TPSA) is 355 Å². The molecule has 31 heteroatoms. The van der Waals surface area contributed by atoms with E-state index in [2.05, 4.69) is 36.1 Å². The molecule has 3 aliphatic rings. The predicted octanol–water partition coefficient (Wildman–Crippen LogP) is -0.323. The number of methoxy groups -OCH3 is 1. The third-order valence-electron chi connectivity index (χ3n) is 16.2. The Morgan fingerprint density at radius 2 is 1.32 bits per heavy atom. The molecule has 0 bridgehead atoms. The van der Waals surface area contributed by atoms with Crippen molar-refractivity contribution in [3.63, 3.8) is 0 Å². The molecule has 4 heterocycles. The first-order chi connectivity index (χ1) is 45.0. The summed E-state index contributed by atoms with van der Waals surface area (Å²) < 4.78 is 45.2. The van der Waals surface area contributed by atoms with Crippen LogP contribution in [0.25, 0.3) is 10.9 Å². The van der Waals surface area contributed by atoms with Crippen molar-refractivity contribution in [1.29, 1.82) is 0 Å². The number of piperazine rings is 1. The lowest BCUT2D eigenvalue weighted by atomic mass is 10.1. The maximum atomic E-state index is 14.4. The number of pyridine rings is 1. The number of alkyl halides is 2. The number of amides is 6. The molecule has 0 unspecified atom stereocenters. The lowest BCUT2D eigenvalue weighted by Crippen LogP contribution is -2.58. The highest BCUT2D eigenvalue weighted by Gasteiger charge is 2.46. The van der Waals surface area contributed by atoms with E-state index >= 15 is 0 Å². The number of ether oxygens (including phenoxy) is 3. The van der Waals surface area contributed by atoms with Gasteiger partial charge in [0.15, 0.2) is 0 Å². The van der Waals surface area contributed by atoms with Crippen LogP contribution in [-0.4, -0.2) is 309 Å². The standard InChI is InChI=1S/C63H89F2N13O16/c1-44-8-10-45(11-9-44)6-4-7-53(79)68-17-33-93-32-15-51(70-54(80)39-73-19-21-74(40-56(82)83)23-25-76(42-58(86)87)26-24-75(22-20-73)41-57(84)85)61(90)71-52(35-59(88)92-3)62(91)77-29-27-72(28-30-77)18-5-31-94-47-12-13-50-49(34-47)48(14-16-67-50)60(89)69-38-55(81)78-43-63(64,65)36-46(78)37-66-2/h8-14,16,34,37,46,51-52H,4-7,15,17-33,35-36,38-43H2,1-3H3,(H,68,79)(H,69,89)(H,70,80)(H,71,90)(H,82,83)(H,84,85)(H,86,87)/t46-,51+,52+/m1/s1. The monoisotopic (exact) mass is 1320 g/mol. The zero-order chi connectivity index (χ0) is 68.2. The van der Waals surface area contributed by atoms with Gasteiger partial charge in [0.2, 0.25) is 29.5 Å². The number of aliphatic carboxylic acids is 3. The third kappa shape index (κ3) is 25.9. The number of nitrogens with zero attached hydrogens (tertiary/aromatic N) is 9. The maximum Gasteiger partial charge on any atom is 0.317 e. The molecule has 94 heavy (non-hydrogen) atoms. The molecule has 1 aromatic heterocycles. The number of hydrogen-bond acceptors (Lipinski definition) is 20. The van der Waals surface area contributed by atoms with Crippen LogP contribution in [0.4, 0.5) is 8.78 Å². The average Bonchev–Trinajstić information content (AvgIpc) is 1.05. The van der Waals surface area contributed by atoms with Gasteiger partial charge < -0.3 is 60.6 Å². The number of esters is 1. The van der Waals surface area contributed by atoms with Gasteiger partial charge in [0.05, 0.1) is 83.1 Å². The number of fused-ring (bicyclic) bond motifs is 1.